The van der Waals surface area contributed by atoms with Crippen LogP contribution in [-0.2, 0) is 19.1 Å². The summed E-state index contributed by atoms with van der Waals surface area (Å²) in [4.78, 5) is 34.5. The first kappa shape index (κ1) is 19.8. The molecule has 0 bridgehead atoms. The lowest BCUT2D eigenvalue weighted by molar-refractivity contribution is -0.147. The van der Waals surface area contributed by atoms with Gasteiger partial charge in [0.2, 0.25) is 0 Å². The topological polar surface area (TPSA) is 93.7 Å². The van der Waals surface area contributed by atoms with Crippen LogP contribution in [0, 0.1) is 0 Å². The number of anilines is 1. The number of benzene rings is 1. The molecule has 0 heterocycles. The molecule has 0 aromatic heterocycles. The molecule has 1 aromatic rings. The van der Waals surface area contributed by atoms with E-state index in [0.717, 1.165) is 0 Å². The molecule has 2 N–H and O–H groups in total. The molecular formula is C16H21ClN2O5. The zero-order chi connectivity index (χ0) is 18.2. The second-order valence-electron chi connectivity index (χ2n) is 5.89. The third kappa shape index (κ3) is 8.99. The second-order valence-corrected chi connectivity index (χ2v) is 6.33. The van der Waals surface area contributed by atoms with Crippen LogP contribution in [-0.4, -0.2) is 36.7 Å². The van der Waals surface area contributed by atoms with E-state index < -0.39 is 30.2 Å². The van der Waals surface area contributed by atoms with Crippen molar-refractivity contribution in [1.29, 1.82) is 0 Å². The highest BCUT2D eigenvalue weighted by Crippen LogP contribution is 2.13. The molecule has 0 radical (unpaired) electrons. The van der Waals surface area contributed by atoms with E-state index in [4.69, 9.17) is 21.1 Å². The molecule has 0 aliphatic carbocycles. The predicted octanol–water partition coefficient (Wildman–Crippen LogP) is 2.74. The molecule has 8 heteroatoms. The normalized spacial score (nSPS) is 10.7. The fraction of sp³-hybridized carbons (Fsp3) is 0.438. The maximum absolute atomic E-state index is 11.6. The van der Waals surface area contributed by atoms with Crippen LogP contribution >= 0.6 is 11.6 Å². The number of halogens is 1. The lowest BCUT2D eigenvalue weighted by atomic mass is 10.2. The molecule has 0 fully saturated rings. The summed E-state index contributed by atoms with van der Waals surface area (Å²) in [5, 5.41) is 5.54. The number of esters is 1. The minimum absolute atomic E-state index is 0.0620. The number of hydrogen-bond acceptors (Lipinski definition) is 5. The van der Waals surface area contributed by atoms with E-state index in [1.54, 1.807) is 45.0 Å². The molecule has 0 unspecified atom stereocenters. The van der Waals surface area contributed by atoms with Gasteiger partial charge in [-0.05, 0) is 45.0 Å². The minimum atomic E-state index is -0.615. The van der Waals surface area contributed by atoms with Crippen molar-refractivity contribution >= 4 is 35.3 Å². The van der Waals surface area contributed by atoms with Gasteiger partial charge in [-0.25, -0.2) is 4.79 Å². The van der Waals surface area contributed by atoms with Gasteiger partial charge < -0.3 is 20.1 Å². The lowest BCUT2D eigenvalue weighted by Gasteiger charge is -2.19. The van der Waals surface area contributed by atoms with Crippen LogP contribution in [0.3, 0.4) is 0 Å². The lowest BCUT2D eigenvalue weighted by Crippen LogP contribution is -2.34. The summed E-state index contributed by atoms with van der Waals surface area (Å²) in [6, 6.07) is 6.52. The van der Waals surface area contributed by atoms with E-state index in [1.165, 1.54) is 0 Å². The molecule has 2 amide bonds. The van der Waals surface area contributed by atoms with Gasteiger partial charge in [-0.3, -0.25) is 9.59 Å². The maximum atomic E-state index is 11.6. The highest BCUT2D eigenvalue weighted by Gasteiger charge is 2.16. The van der Waals surface area contributed by atoms with Crippen molar-refractivity contribution < 1.29 is 23.9 Å². The Kier molecular flexibility index (Phi) is 7.51. The maximum Gasteiger partial charge on any atom is 0.407 e. The molecule has 24 heavy (non-hydrogen) atoms. The average Bonchev–Trinajstić information content (AvgIpc) is 2.46. The number of hydrogen-bond donors (Lipinski definition) is 2. The minimum Gasteiger partial charge on any atom is -0.456 e. The molecule has 1 aromatic carbocycles. The van der Waals surface area contributed by atoms with Crippen molar-refractivity contribution in [3.63, 3.8) is 0 Å². The van der Waals surface area contributed by atoms with Crippen LogP contribution in [0.2, 0.25) is 5.02 Å². The molecule has 0 spiro atoms. The Bertz CT molecular complexity index is 581. The summed E-state index contributed by atoms with van der Waals surface area (Å²) in [7, 11) is 0. The molecule has 1 rings (SSSR count). The van der Waals surface area contributed by atoms with Gasteiger partial charge in [0.1, 0.15) is 5.60 Å². The number of carbonyl (C=O) groups excluding carboxylic acids is 3. The van der Waals surface area contributed by atoms with Crippen molar-refractivity contribution in [2.75, 3.05) is 18.5 Å². The van der Waals surface area contributed by atoms with Crippen LogP contribution in [0.5, 0.6) is 0 Å². The Balaban J connectivity index is 2.20. The van der Waals surface area contributed by atoms with Crippen LogP contribution in [0.1, 0.15) is 27.2 Å². The number of carbonyl (C=O) groups is 3. The quantitative estimate of drug-likeness (QED) is 0.764. The Hall–Kier alpha value is -2.28. The summed E-state index contributed by atoms with van der Waals surface area (Å²) < 4.78 is 9.83. The average molecular weight is 357 g/mol. The number of nitrogens with one attached hydrogen (secondary N) is 2. The summed E-state index contributed by atoms with van der Waals surface area (Å²) >= 11 is 5.74. The SMILES string of the molecule is CC(C)(C)OC(=O)NCCC(=O)OCC(=O)Nc1ccc(Cl)cc1. The van der Waals surface area contributed by atoms with Crippen molar-refractivity contribution in [1.82, 2.24) is 5.32 Å². The first-order chi connectivity index (χ1) is 11.2. The van der Waals surface area contributed by atoms with E-state index in [1.807, 2.05) is 0 Å². The fourth-order valence-electron chi connectivity index (χ4n) is 1.53. The standard InChI is InChI=1S/C16H21ClN2O5/c1-16(2,3)24-15(22)18-9-8-14(21)23-10-13(20)19-12-6-4-11(17)5-7-12/h4-7H,8-10H2,1-3H3,(H,18,22)(H,19,20). The van der Waals surface area contributed by atoms with Crippen molar-refractivity contribution in [3.8, 4) is 0 Å². The van der Waals surface area contributed by atoms with Gasteiger partial charge in [-0.15, -0.1) is 0 Å². The Morgan fingerprint density at radius 1 is 1.12 bits per heavy atom. The third-order valence-electron chi connectivity index (χ3n) is 2.49. The van der Waals surface area contributed by atoms with Gasteiger partial charge in [0.05, 0.1) is 6.42 Å². The Labute approximate surface area is 145 Å². The van der Waals surface area contributed by atoms with E-state index in [2.05, 4.69) is 10.6 Å². The summed E-state index contributed by atoms with van der Waals surface area (Å²) in [6.45, 7) is 4.86. The van der Waals surface area contributed by atoms with Gasteiger partial charge in [0.15, 0.2) is 6.61 Å². The fourth-order valence-corrected chi connectivity index (χ4v) is 1.66. The number of amides is 2. The highest BCUT2D eigenvalue weighted by atomic mass is 35.5. The molecule has 0 saturated heterocycles. The first-order valence-electron chi connectivity index (χ1n) is 7.33. The number of rotatable bonds is 6. The van der Waals surface area contributed by atoms with E-state index in [-0.39, 0.29) is 13.0 Å². The monoisotopic (exact) mass is 356 g/mol. The third-order valence-corrected chi connectivity index (χ3v) is 2.74. The van der Waals surface area contributed by atoms with Crippen LogP contribution in [0.4, 0.5) is 10.5 Å². The summed E-state index contributed by atoms with van der Waals surface area (Å²) in [5.74, 6) is -1.07. The number of alkyl carbamates (subject to hydrolysis) is 1. The molecule has 0 saturated carbocycles. The van der Waals surface area contributed by atoms with Crippen molar-refractivity contribution in [2.24, 2.45) is 0 Å². The molecule has 7 nitrogen and oxygen atoms in total. The van der Waals surface area contributed by atoms with Gasteiger partial charge in [-0.1, -0.05) is 11.6 Å². The molecule has 0 atom stereocenters. The summed E-state index contributed by atoms with van der Waals surface area (Å²) in [6.07, 6.45) is -0.677. The first-order valence-corrected chi connectivity index (χ1v) is 7.71. The molecule has 132 valence electrons. The van der Waals surface area contributed by atoms with Gasteiger partial charge >= 0.3 is 12.1 Å². The molecule has 0 aliphatic heterocycles. The Morgan fingerprint density at radius 3 is 2.33 bits per heavy atom. The van der Waals surface area contributed by atoms with Crippen LogP contribution in [0.15, 0.2) is 24.3 Å². The van der Waals surface area contributed by atoms with E-state index in [0.29, 0.717) is 10.7 Å². The van der Waals surface area contributed by atoms with Gasteiger partial charge in [0.25, 0.3) is 5.91 Å². The van der Waals surface area contributed by atoms with Crippen LogP contribution < -0.4 is 10.6 Å². The van der Waals surface area contributed by atoms with Crippen molar-refractivity contribution in [2.45, 2.75) is 32.8 Å². The smallest absolute Gasteiger partial charge is 0.407 e. The highest BCUT2D eigenvalue weighted by molar-refractivity contribution is 6.30. The summed E-state index contributed by atoms with van der Waals surface area (Å²) in [5.41, 5.74) is -0.0586. The Morgan fingerprint density at radius 2 is 1.75 bits per heavy atom. The zero-order valence-corrected chi connectivity index (χ0v) is 14.6. The molecular weight excluding hydrogens is 336 g/mol. The number of ether oxygens (including phenoxy) is 2. The van der Waals surface area contributed by atoms with Crippen LogP contribution in [0.25, 0.3) is 0 Å². The predicted molar refractivity (Wildman–Crippen MR) is 89.9 cm³/mol. The van der Waals surface area contributed by atoms with Gasteiger partial charge in [0, 0.05) is 17.3 Å². The largest absolute Gasteiger partial charge is 0.456 e. The second kappa shape index (κ2) is 9.12. The zero-order valence-electron chi connectivity index (χ0n) is 13.8. The van der Waals surface area contributed by atoms with Crippen molar-refractivity contribution in [3.05, 3.63) is 29.3 Å². The van der Waals surface area contributed by atoms with E-state index >= 15 is 0 Å². The molecule has 0 aliphatic rings. The van der Waals surface area contributed by atoms with Gasteiger partial charge in [-0.2, -0.15) is 0 Å². The van der Waals surface area contributed by atoms with E-state index in [9.17, 15) is 14.4 Å².